The fraction of sp³-hybridized carbons (Fsp3) is 0. The van der Waals surface area contributed by atoms with Crippen molar-refractivity contribution in [2.75, 3.05) is 5.73 Å². The third-order valence-corrected chi connectivity index (χ3v) is 3.30. The van der Waals surface area contributed by atoms with Crippen molar-refractivity contribution >= 4 is 16.6 Å². The van der Waals surface area contributed by atoms with Crippen molar-refractivity contribution in [3.05, 3.63) is 48.7 Å². The lowest BCUT2D eigenvalue weighted by Gasteiger charge is -2.01. The van der Waals surface area contributed by atoms with Crippen molar-refractivity contribution in [1.29, 1.82) is 0 Å². The van der Waals surface area contributed by atoms with Gasteiger partial charge in [-0.05, 0) is 24.3 Å². The number of nitrogens with two attached hydrogens (primary N) is 1. The summed E-state index contributed by atoms with van der Waals surface area (Å²) in [4.78, 5) is 5.34. The van der Waals surface area contributed by atoms with Gasteiger partial charge in [0.25, 0.3) is 0 Å². The second-order valence-corrected chi connectivity index (χ2v) is 4.48. The second kappa shape index (κ2) is 4.23. The van der Waals surface area contributed by atoms with Gasteiger partial charge in [0.15, 0.2) is 0 Å². The minimum Gasteiger partial charge on any atom is -0.384 e. The van der Waals surface area contributed by atoms with Crippen LogP contribution < -0.4 is 5.73 Å². The van der Waals surface area contributed by atoms with E-state index in [0.29, 0.717) is 10.7 Å². The van der Waals surface area contributed by atoms with Crippen molar-refractivity contribution in [2.24, 2.45) is 0 Å². The Morgan fingerprint density at radius 3 is 2.33 bits per heavy atom. The van der Waals surface area contributed by atoms with E-state index in [0.717, 1.165) is 4.90 Å². The number of rotatable bonds is 2. The van der Waals surface area contributed by atoms with Crippen LogP contribution >= 0.6 is 0 Å². The largest absolute Gasteiger partial charge is 0.384 e. The summed E-state index contributed by atoms with van der Waals surface area (Å²) in [6, 6.07) is 12.6. The second-order valence-electron chi connectivity index (χ2n) is 3.00. The molecule has 0 aliphatic heterocycles. The topological polar surface area (TPSA) is 56.0 Å². The minimum atomic E-state index is -1.17. The summed E-state index contributed by atoms with van der Waals surface area (Å²) in [5, 5.41) is 0. The first-order chi connectivity index (χ1) is 7.27. The van der Waals surface area contributed by atoms with Gasteiger partial charge in [-0.1, -0.05) is 18.2 Å². The third-order valence-electron chi connectivity index (χ3n) is 1.93. The van der Waals surface area contributed by atoms with Crippen LogP contribution in [0.1, 0.15) is 0 Å². The normalized spacial score (nSPS) is 12.3. The molecule has 2 N–H and O–H groups in total. The fourth-order valence-electron chi connectivity index (χ4n) is 1.18. The summed E-state index contributed by atoms with van der Waals surface area (Å²) in [5.74, 6) is 0.434. The Labute approximate surface area is 90.4 Å². The van der Waals surface area contributed by atoms with E-state index in [-0.39, 0.29) is 0 Å². The summed E-state index contributed by atoms with van der Waals surface area (Å²) in [7, 11) is -1.17. The van der Waals surface area contributed by atoms with E-state index in [2.05, 4.69) is 4.98 Å². The Morgan fingerprint density at radius 1 is 1.00 bits per heavy atom. The molecule has 0 saturated carbocycles. The Balaban J connectivity index is 2.33. The number of hydrogen-bond acceptors (Lipinski definition) is 3. The average Bonchev–Trinajstić information content (AvgIpc) is 2.30. The maximum absolute atomic E-state index is 12.0. The molecule has 2 rings (SSSR count). The number of nitrogens with zero attached hydrogens (tertiary/aromatic N) is 1. The molecule has 0 radical (unpaired) electrons. The fourth-order valence-corrected chi connectivity index (χ4v) is 2.20. The summed E-state index contributed by atoms with van der Waals surface area (Å²) in [6.07, 6.45) is 1.54. The lowest BCUT2D eigenvalue weighted by molar-refractivity contribution is 0.683. The number of aromatic nitrogens is 1. The standard InChI is InChI=1S/C11H10N2OS/c12-11-7-6-10(8-13-11)15(14)9-4-2-1-3-5-9/h1-8H,(H2,12,13)/t15-/m0/s1. The molecule has 2 aromatic rings. The van der Waals surface area contributed by atoms with Gasteiger partial charge in [0, 0.05) is 11.1 Å². The van der Waals surface area contributed by atoms with E-state index < -0.39 is 10.8 Å². The van der Waals surface area contributed by atoms with Crippen LogP contribution in [0.2, 0.25) is 0 Å². The molecular weight excluding hydrogens is 208 g/mol. The first kappa shape index (κ1) is 9.86. The van der Waals surface area contributed by atoms with Crippen molar-refractivity contribution in [2.45, 2.75) is 9.79 Å². The summed E-state index contributed by atoms with van der Waals surface area (Å²) >= 11 is 0. The van der Waals surface area contributed by atoms with Crippen LogP contribution in [0, 0.1) is 0 Å². The summed E-state index contributed by atoms with van der Waals surface area (Å²) in [6.45, 7) is 0. The Hall–Kier alpha value is -1.68. The van der Waals surface area contributed by atoms with Crippen LogP contribution in [0.4, 0.5) is 5.82 Å². The van der Waals surface area contributed by atoms with Crippen LogP contribution in [-0.2, 0) is 10.8 Å². The van der Waals surface area contributed by atoms with Crippen LogP contribution in [0.15, 0.2) is 58.5 Å². The van der Waals surface area contributed by atoms with Crippen molar-refractivity contribution in [1.82, 2.24) is 4.98 Å². The van der Waals surface area contributed by atoms with Gasteiger partial charge in [0.2, 0.25) is 0 Å². The van der Waals surface area contributed by atoms with E-state index in [4.69, 9.17) is 5.73 Å². The zero-order valence-corrected chi connectivity index (χ0v) is 8.78. The Morgan fingerprint density at radius 2 is 1.73 bits per heavy atom. The molecular formula is C11H10N2OS. The lowest BCUT2D eigenvalue weighted by atomic mass is 10.4. The van der Waals surface area contributed by atoms with Gasteiger partial charge in [-0.15, -0.1) is 0 Å². The summed E-state index contributed by atoms with van der Waals surface area (Å²) in [5.41, 5.74) is 5.46. The van der Waals surface area contributed by atoms with E-state index in [1.807, 2.05) is 30.3 Å². The highest BCUT2D eigenvalue weighted by Gasteiger charge is 2.05. The van der Waals surface area contributed by atoms with E-state index in [1.165, 1.54) is 0 Å². The van der Waals surface area contributed by atoms with Crippen LogP contribution in [0.3, 0.4) is 0 Å². The van der Waals surface area contributed by atoms with Gasteiger partial charge < -0.3 is 5.73 Å². The molecule has 0 fully saturated rings. The quantitative estimate of drug-likeness (QED) is 0.836. The molecule has 1 aromatic heterocycles. The number of nitrogen functional groups attached to an aromatic ring is 1. The van der Waals surface area contributed by atoms with Gasteiger partial charge in [-0.2, -0.15) is 0 Å². The highest BCUT2D eigenvalue weighted by Crippen LogP contribution is 2.15. The van der Waals surface area contributed by atoms with Gasteiger partial charge >= 0.3 is 0 Å². The van der Waals surface area contributed by atoms with Crippen molar-refractivity contribution in [3.8, 4) is 0 Å². The predicted molar refractivity (Wildman–Crippen MR) is 59.8 cm³/mol. The molecule has 0 spiro atoms. The number of pyridine rings is 1. The molecule has 1 aromatic carbocycles. The third kappa shape index (κ3) is 2.22. The average molecular weight is 218 g/mol. The molecule has 0 unspecified atom stereocenters. The number of hydrogen-bond donors (Lipinski definition) is 1. The molecule has 3 nitrogen and oxygen atoms in total. The molecule has 0 saturated heterocycles. The van der Waals surface area contributed by atoms with Gasteiger partial charge in [-0.3, -0.25) is 0 Å². The highest BCUT2D eigenvalue weighted by atomic mass is 32.2. The minimum absolute atomic E-state index is 0.434. The molecule has 15 heavy (non-hydrogen) atoms. The Bertz CT molecular complexity index is 468. The molecule has 0 aliphatic carbocycles. The Kier molecular flexibility index (Phi) is 2.78. The molecule has 1 heterocycles. The van der Waals surface area contributed by atoms with Crippen molar-refractivity contribution in [3.63, 3.8) is 0 Å². The van der Waals surface area contributed by atoms with Gasteiger partial charge in [-0.25, -0.2) is 9.19 Å². The van der Waals surface area contributed by atoms with E-state index in [1.54, 1.807) is 18.3 Å². The first-order valence-electron chi connectivity index (χ1n) is 4.46. The van der Waals surface area contributed by atoms with E-state index in [9.17, 15) is 4.21 Å². The van der Waals surface area contributed by atoms with E-state index >= 15 is 0 Å². The molecule has 0 bridgehead atoms. The maximum Gasteiger partial charge on any atom is 0.123 e. The molecule has 1 atom stereocenters. The SMILES string of the molecule is Nc1ccc([S@@](=O)c2ccccc2)cn1. The van der Waals surface area contributed by atoms with Crippen LogP contribution in [0.25, 0.3) is 0 Å². The molecule has 0 aliphatic rings. The lowest BCUT2D eigenvalue weighted by Crippen LogP contribution is -1.95. The van der Waals surface area contributed by atoms with Gasteiger partial charge in [0.05, 0.1) is 15.7 Å². The smallest absolute Gasteiger partial charge is 0.123 e. The maximum atomic E-state index is 12.0. The molecule has 4 heteroatoms. The number of benzene rings is 1. The zero-order chi connectivity index (χ0) is 10.7. The van der Waals surface area contributed by atoms with Crippen molar-refractivity contribution < 1.29 is 4.21 Å². The number of anilines is 1. The molecule has 0 amide bonds. The first-order valence-corrected chi connectivity index (χ1v) is 5.61. The predicted octanol–water partition coefficient (Wildman–Crippen LogP) is 1.83. The zero-order valence-electron chi connectivity index (χ0n) is 7.96. The molecule has 76 valence electrons. The monoisotopic (exact) mass is 218 g/mol. The highest BCUT2D eigenvalue weighted by molar-refractivity contribution is 7.85. The van der Waals surface area contributed by atoms with Crippen LogP contribution in [-0.4, -0.2) is 9.19 Å². The van der Waals surface area contributed by atoms with Gasteiger partial charge in [0.1, 0.15) is 5.82 Å². The summed E-state index contributed by atoms with van der Waals surface area (Å²) < 4.78 is 12.0. The van der Waals surface area contributed by atoms with Crippen LogP contribution in [0.5, 0.6) is 0 Å².